The Kier molecular flexibility index (Phi) is 4.66. The van der Waals surface area contributed by atoms with Crippen LogP contribution in [0.1, 0.15) is 48.0 Å². The lowest BCUT2D eigenvalue weighted by Gasteiger charge is -2.28. The SMILES string of the molecule is Cc1ccccc1C1CCCN1C(=O)C1CC(c2ccccc2O)NN1. The lowest BCUT2D eigenvalue weighted by molar-refractivity contribution is -0.134. The second-order valence-electron chi connectivity index (χ2n) is 7.23. The summed E-state index contributed by atoms with van der Waals surface area (Å²) < 4.78 is 0. The van der Waals surface area contributed by atoms with Crippen molar-refractivity contribution in [2.75, 3.05) is 6.54 Å². The van der Waals surface area contributed by atoms with Crippen molar-refractivity contribution < 1.29 is 9.90 Å². The molecule has 136 valence electrons. The van der Waals surface area contributed by atoms with Gasteiger partial charge in [-0.15, -0.1) is 0 Å². The minimum atomic E-state index is -0.274. The zero-order chi connectivity index (χ0) is 18.1. The Hall–Kier alpha value is -2.37. The minimum absolute atomic E-state index is 0.0651. The highest BCUT2D eigenvalue weighted by Gasteiger charge is 2.38. The Morgan fingerprint density at radius 1 is 1.08 bits per heavy atom. The van der Waals surface area contributed by atoms with Crippen molar-refractivity contribution in [1.29, 1.82) is 0 Å². The Morgan fingerprint density at radius 3 is 2.58 bits per heavy atom. The van der Waals surface area contributed by atoms with E-state index in [9.17, 15) is 9.90 Å². The smallest absolute Gasteiger partial charge is 0.241 e. The van der Waals surface area contributed by atoms with Gasteiger partial charge in [0, 0.05) is 12.1 Å². The molecule has 0 spiro atoms. The van der Waals surface area contributed by atoms with Crippen molar-refractivity contribution in [3.63, 3.8) is 0 Å². The molecule has 2 fully saturated rings. The van der Waals surface area contributed by atoms with Crippen molar-refractivity contribution in [3.05, 3.63) is 65.2 Å². The van der Waals surface area contributed by atoms with Gasteiger partial charge < -0.3 is 10.0 Å². The molecule has 0 saturated carbocycles. The Bertz CT molecular complexity index is 807. The molecule has 4 rings (SSSR count). The zero-order valence-corrected chi connectivity index (χ0v) is 15.0. The average Bonchev–Trinajstić information content (AvgIpc) is 3.32. The maximum absolute atomic E-state index is 13.2. The molecule has 2 saturated heterocycles. The number of likely N-dealkylation sites (tertiary alicyclic amines) is 1. The fourth-order valence-corrected chi connectivity index (χ4v) is 4.22. The van der Waals surface area contributed by atoms with E-state index in [0.717, 1.165) is 24.9 Å². The first kappa shape index (κ1) is 17.1. The molecule has 1 amide bonds. The van der Waals surface area contributed by atoms with Crippen molar-refractivity contribution in [1.82, 2.24) is 15.8 Å². The van der Waals surface area contributed by atoms with Gasteiger partial charge >= 0.3 is 0 Å². The fraction of sp³-hybridized carbons (Fsp3) is 0.381. The Morgan fingerprint density at radius 2 is 1.81 bits per heavy atom. The number of phenolic OH excluding ortho intramolecular Hbond substituents is 1. The third-order valence-electron chi connectivity index (χ3n) is 5.60. The third kappa shape index (κ3) is 3.08. The number of benzene rings is 2. The van der Waals surface area contributed by atoms with Gasteiger partial charge in [-0.05, 0) is 43.4 Å². The molecule has 0 aliphatic carbocycles. The number of aryl methyl sites for hydroxylation is 1. The summed E-state index contributed by atoms with van der Waals surface area (Å²) in [7, 11) is 0. The highest BCUT2D eigenvalue weighted by molar-refractivity contribution is 5.83. The van der Waals surface area contributed by atoms with Crippen molar-refractivity contribution in [3.8, 4) is 5.75 Å². The van der Waals surface area contributed by atoms with Gasteiger partial charge in [0.2, 0.25) is 5.91 Å². The fourth-order valence-electron chi connectivity index (χ4n) is 4.22. The van der Waals surface area contributed by atoms with Crippen LogP contribution in [0, 0.1) is 6.92 Å². The van der Waals surface area contributed by atoms with E-state index < -0.39 is 0 Å². The molecule has 0 radical (unpaired) electrons. The second kappa shape index (κ2) is 7.09. The molecule has 0 aromatic heterocycles. The van der Waals surface area contributed by atoms with Crippen molar-refractivity contribution in [2.24, 2.45) is 0 Å². The van der Waals surface area contributed by atoms with Crippen molar-refractivity contribution in [2.45, 2.75) is 44.3 Å². The van der Waals surface area contributed by atoms with Crippen LogP contribution in [-0.4, -0.2) is 28.5 Å². The topological polar surface area (TPSA) is 64.6 Å². The molecular formula is C21H25N3O2. The molecule has 2 aliphatic heterocycles. The molecular weight excluding hydrogens is 326 g/mol. The summed E-state index contributed by atoms with van der Waals surface area (Å²) in [4.78, 5) is 15.2. The number of rotatable bonds is 3. The summed E-state index contributed by atoms with van der Waals surface area (Å²) in [5.41, 5.74) is 9.64. The standard InChI is InChI=1S/C21H25N3O2/c1-14-7-2-3-8-15(14)19-10-6-12-24(19)21(26)18-13-17(22-23-18)16-9-4-5-11-20(16)25/h2-5,7-9,11,17-19,22-23,25H,6,10,12-13H2,1H3. The van der Waals surface area contributed by atoms with Crippen LogP contribution in [-0.2, 0) is 4.79 Å². The Labute approximate surface area is 154 Å². The van der Waals surface area contributed by atoms with Gasteiger partial charge in [-0.1, -0.05) is 42.5 Å². The first-order valence-electron chi connectivity index (χ1n) is 9.30. The van der Waals surface area contributed by atoms with Gasteiger partial charge in [-0.2, -0.15) is 0 Å². The number of hydrogen-bond acceptors (Lipinski definition) is 4. The van der Waals surface area contributed by atoms with E-state index in [4.69, 9.17) is 0 Å². The van der Waals surface area contributed by atoms with Gasteiger partial charge in [0.15, 0.2) is 0 Å². The van der Waals surface area contributed by atoms with Crippen LogP contribution >= 0.6 is 0 Å². The molecule has 3 unspecified atom stereocenters. The van der Waals surface area contributed by atoms with Gasteiger partial charge in [0.25, 0.3) is 0 Å². The summed E-state index contributed by atoms with van der Waals surface area (Å²) in [6.07, 6.45) is 2.68. The molecule has 2 aliphatic rings. The molecule has 2 aromatic carbocycles. The summed E-state index contributed by atoms with van der Waals surface area (Å²) in [5.74, 6) is 0.403. The van der Waals surface area contributed by atoms with Gasteiger partial charge in [0.05, 0.1) is 12.1 Å². The third-order valence-corrected chi connectivity index (χ3v) is 5.60. The maximum Gasteiger partial charge on any atom is 0.241 e. The van der Waals surface area contributed by atoms with Crippen LogP contribution in [0.2, 0.25) is 0 Å². The minimum Gasteiger partial charge on any atom is -0.508 e. The summed E-state index contributed by atoms with van der Waals surface area (Å²) in [5, 5.41) is 10.1. The van der Waals surface area contributed by atoms with Gasteiger partial charge in [-0.25, -0.2) is 10.9 Å². The quantitative estimate of drug-likeness (QED) is 0.795. The van der Waals surface area contributed by atoms with Gasteiger partial charge in [0.1, 0.15) is 11.8 Å². The highest BCUT2D eigenvalue weighted by atomic mass is 16.3. The lowest BCUT2D eigenvalue weighted by Crippen LogP contribution is -2.45. The number of nitrogens with zero attached hydrogens (tertiary/aromatic N) is 1. The lowest BCUT2D eigenvalue weighted by atomic mass is 9.98. The monoisotopic (exact) mass is 351 g/mol. The molecule has 2 heterocycles. The first-order chi connectivity index (χ1) is 12.6. The van der Waals surface area contributed by atoms with Gasteiger partial charge in [-0.3, -0.25) is 4.79 Å². The number of aromatic hydroxyl groups is 1. The number of amides is 1. The van der Waals surface area contributed by atoms with Crippen LogP contribution in [0.4, 0.5) is 0 Å². The summed E-state index contributed by atoms with van der Waals surface area (Å²) in [6.45, 7) is 2.91. The van der Waals surface area contributed by atoms with E-state index >= 15 is 0 Å². The average molecular weight is 351 g/mol. The summed E-state index contributed by atoms with van der Waals surface area (Å²) in [6, 6.07) is 15.4. The maximum atomic E-state index is 13.2. The number of phenols is 1. The second-order valence-corrected chi connectivity index (χ2v) is 7.23. The van der Waals surface area contributed by atoms with E-state index in [-0.39, 0.29) is 29.8 Å². The summed E-state index contributed by atoms with van der Waals surface area (Å²) >= 11 is 0. The predicted octanol–water partition coefficient (Wildman–Crippen LogP) is 2.97. The van der Waals surface area contributed by atoms with Crippen LogP contribution < -0.4 is 10.9 Å². The molecule has 3 atom stereocenters. The van der Waals surface area contributed by atoms with E-state index in [0.29, 0.717) is 6.42 Å². The van der Waals surface area contributed by atoms with Crippen LogP contribution in [0.5, 0.6) is 5.75 Å². The van der Waals surface area contributed by atoms with Crippen molar-refractivity contribution >= 4 is 5.91 Å². The first-order valence-corrected chi connectivity index (χ1v) is 9.30. The van der Waals surface area contributed by atoms with Crippen LogP contribution in [0.15, 0.2) is 48.5 Å². The molecule has 5 heteroatoms. The van der Waals surface area contributed by atoms with Crippen LogP contribution in [0.25, 0.3) is 0 Å². The molecule has 2 aromatic rings. The van der Waals surface area contributed by atoms with E-state index in [1.54, 1.807) is 12.1 Å². The largest absolute Gasteiger partial charge is 0.508 e. The predicted molar refractivity (Wildman–Crippen MR) is 100 cm³/mol. The highest BCUT2D eigenvalue weighted by Crippen LogP contribution is 2.36. The number of hydrazine groups is 1. The molecule has 0 bridgehead atoms. The Balaban J connectivity index is 1.49. The van der Waals surface area contributed by atoms with Crippen LogP contribution in [0.3, 0.4) is 0 Å². The number of carbonyl (C=O) groups excluding carboxylic acids is 1. The number of carbonyl (C=O) groups is 1. The normalized spacial score (nSPS) is 25.6. The van der Waals surface area contributed by atoms with E-state index in [2.05, 4.69) is 29.9 Å². The number of para-hydroxylation sites is 1. The van der Waals surface area contributed by atoms with E-state index in [1.165, 1.54) is 11.1 Å². The molecule has 26 heavy (non-hydrogen) atoms. The number of nitrogens with one attached hydrogen (secondary N) is 2. The van der Waals surface area contributed by atoms with E-state index in [1.807, 2.05) is 29.2 Å². The zero-order valence-electron chi connectivity index (χ0n) is 15.0. The number of hydrogen-bond donors (Lipinski definition) is 3. The molecule has 3 N–H and O–H groups in total. The molecule has 5 nitrogen and oxygen atoms in total.